The Bertz CT molecular complexity index is 416. The molecule has 2 rings (SSSR count). The highest BCUT2D eigenvalue weighted by molar-refractivity contribution is 7.15. The SMILES string of the molecule is CC(C)Cc1nc2csc(N)c2o1. The summed E-state index contributed by atoms with van der Waals surface area (Å²) in [4.78, 5) is 4.34. The third-order valence-electron chi connectivity index (χ3n) is 1.80. The van der Waals surface area contributed by atoms with Crippen LogP contribution in [0.1, 0.15) is 19.7 Å². The minimum absolute atomic E-state index is 0.563. The van der Waals surface area contributed by atoms with Crippen molar-refractivity contribution >= 4 is 27.4 Å². The molecule has 70 valence electrons. The van der Waals surface area contributed by atoms with Crippen LogP contribution in [0.5, 0.6) is 0 Å². The van der Waals surface area contributed by atoms with Crippen LogP contribution in [0.25, 0.3) is 11.1 Å². The van der Waals surface area contributed by atoms with E-state index in [1.807, 2.05) is 5.38 Å². The van der Waals surface area contributed by atoms with Crippen molar-refractivity contribution in [2.24, 2.45) is 5.92 Å². The minimum Gasteiger partial charge on any atom is -0.438 e. The highest BCUT2D eigenvalue weighted by atomic mass is 32.1. The van der Waals surface area contributed by atoms with Crippen LogP contribution in [0, 0.1) is 5.92 Å². The molecule has 2 heterocycles. The van der Waals surface area contributed by atoms with Gasteiger partial charge in [-0.15, -0.1) is 11.3 Å². The zero-order valence-corrected chi connectivity index (χ0v) is 8.52. The quantitative estimate of drug-likeness (QED) is 0.803. The van der Waals surface area contributed by atoms with E-state index in [9.17, 15) is 0 Å². The van der Waals surface area contributed by atoms with Gasteiger partial charge < -0.3 is 10.2 Å². The molecular formula is C9H12N2OS. The number of aromatic nitrogens is 1. The van der Waals surface area contributed by atoms with Gasteiger partial charge in [0.05, 0.1) is 0 Å². The molecule has 0 amide bonds. The van der Waals surface area contributed by atoms with Crippen LogP contribution < -0.4 is 5.73 Å². The molecule has 0 aromatic carbocycles. The molecule has 0 unspecified atom stereocenters. The van der Waals surface area contributed by atoms with E-state index in [-0.39, 0.29) is 0 Å². The van der Waals surface area contributed by atoms with E-state index in [0.717, 1.165) is 28.4 Å². The molecule has 0 aliphatic rings. The van der Waals surface area contributed by atoms with Gasteiger partial charge in [-0.25, -0.2) is 4.98 Å². The van der Waals surface area contributed by atoms with E-state index in [0.29, 0.717) is 5.92 Å². The monoisotopic (exact) mass is 196 g/mol. The first-order chi connectivity index (χ1) is 6.16. The van der Waals surface area contributed by atoms with E-state index in [1.54, 1.807) is 0 Å². The Labute approximate surface area is 80.6 Å². The van der Waals surface area contributed by atoms with Crippen LogP contribution >= 0.6 is 11.3 Å². The molecule has 2 N–H and O–H groups in total. The van der Waals surface area contributed by atoms with Gasteiger partial charge >= 0.3 is 0 Å². The maximum atomic E-state index is 5.71. The van der Waals surface area contributed by atoms with Gasteiger partial charge in [-0.3, -0.25) is 0 Å². The molecule has 0 saturated heterocycles. The zero-order valence-electron chi connectivity index (χ0n) is 7.70. The van der Waals surface area contributed by atoms with Crippen molar-refractivity contribution in [2.75, 3.05) is 5.73 Å². The Morgan fingerprint density at radius 1 is 1.62 bits per heavy atom. The molecule has 4 heteroatoms. The largest absolute Gasteiger partial charge is 0.438 e. The van der Waals surface area contributed by atoms with Gasteiger partial charge in [0.2, 0.25) is 0 Å². The lowest BCUT2D eigenvalue weighted by atomic mass is 10.1. The van der Waals surface area contributed by atoms with E-state index >= 15 is 0 Å². The fraction of sp³-hybridized carbons (Fsp3) is 0.444. The summed E-state index contributed by atoms with van der Waals surface area (Å²) in [7, 11) is 0. The average molecular weight is 196 g/mol. The van der Waals surface area contributed by atoms with Crippen LogP contribution in [0.15, 0.2) is 9.80 Å². The van der Waals surface area contributed by atoms with Crippen molar-refractivity contribution in [3.05, 3.63) is 11.3 Å². The summed E-state index contributed by atoms with van der Waals surface area (Å²) in [6.45, 7) is 4.28. The lowest BCUT2D eigenvalue weighted by Gasteiger charge is -1.97. The van der Waals surface area contributed by atoms with Crippen LogP contribution in [0.3, 0.4) is 0 Å². The molecule has 0 radical (unpaired) electrons. The van der Waals surface area contributed by atoms with Crippen molar-refractivity contribution in [3.8, 4) is 0 Å². The number of rotatable bonds is 2. The van der Waals surface area contributed by atoms with E-state index in [1.165, 1.54) is 11.3 Å². The van der Waals surface area contributed by atoms with Gasteiger partial charge in [0, 0.05) is 11.8 Å². The first kappa shape index (κ1) is 8.56. The highest BCUT2D eigenvalue weighted by Crippen LogP contribution is 2.28. The molecule has 2 aromatic rings. The third kappa shape index (κ3) is 1.54. The molecule has 0 aliphatic carbocycles. The predicted molar refractivity (Wildman–Crippen MR) is 54.8 cm³/mol. The third-order valence-corrected chi connectivity index (χ3v) is 2.58. The molecule has 0 atom stereocenters. The average Bonchev–Trinajstić information content (AvgIpc) is 2.53. The Kier molecular flexibility index (Phi) is 2.00. The first-order valence-electron chi connectivity index (χ1n) is 4.29. The summed E-state index contributed by atoms with van der Waals surface area (Å²) in [5.74, 6) is 1.35. The molecule has 0 saturated carbocycles. The molecule has 0 fully saturated rings. The van der Waals surface area contributed by atoms with E-state index < -0.39 is 0 Å². The van der Waals surface area contributed by atoms with Crippen LogP contribution in [-0.4, -0.2) is 4.98 Å². The Morgan fingerprint density at radius 2 is 2.38 bits per heavy atom. The van der Waals surface area contributed by atoms with Crippen molar-refractivity contribution in [1.29, 1.82) is 0 Å². The van der Waals surface area contributed by atoms with Crippen LogP contribution in [0.4, 0.5) is 5.00 Å². The minimum atomic E-state index is 0.563. The maximum Gasteiger partial charge on any atom is 0.195 e. The van der Waals surface area contributed by atoms with Crippen molar-refractivity contribution < 1.29 is 4.42 Å². The molecule has 0 bridgehead atoms. The van der Waals surface area contributed by atoms with Crippen molar-refractivity contribution in [1.82, 2.24) is 4.98 Å². The molecular weight excluding hydrogens is 184 g/mol. The summed E-state index contributed by atoms with van der Waals surface area (Å²) in [6, 6.07) is 0. The molecule has 2 aromatic heterocycles. The Balaban J connectivity index is 2.39. The Morgan fingerprint density at radius 3 is 3.00 bits per heavy atom. The van der Waals surface area contributed by atoms with Gasteiger partial charge in [-0.05, 0) is 5.92 Å². The fourth-order valence-electron chi connectivity index (χ4n) is 1.24. The van der Waals surface area contributed by atoms with Gasteiger partial charge in [-0.2, -0.15) is 0 Å². The predicted octanol–water partition coefficient (Wildman–Crippen LogP) is 2.67. The number of hydrogen-bond donors (Lipinski definition) is 1. The Hall–Kier alpha value is -1.03. The molecule has 3 nitrogen and oxygen atoms in total. The van der Waals surface area contributed by atoms with Crippen LogP contribution in [-0.2, 0) is 6.42 Å². The normalized spacial score (nSPS) is 11.6. The summed E-state index contributed by atoms with van der Waals surface area (Å²) in [5, 5.41) is 2.65. The smallest absolute Gasteiger partial charge is 0.195 e. The first-order valence-corrected chi connectivity index (χ1v) is 5.17. The fourth-order valence-corrected chi connectivity index (χ4v) is 1.90. The van der Waals surface area contributed by atoms with Crippen LogP contribution in [0.2, 0.25) is 0 Å². The summed E-state index contributed by atoms with van der Waals surface area (Å²) in [5.41, 5.74) is 7.34. The number of nitrogens with zero attached hydrogens (tertiary/aromatic N) is 1. The molecule has 0 aliphatic heterocycles. The number of anilines is 1. The number of nitrogen functional groups attached to an aromatic ring is 1. The van der Waals surface area contributed by atoms with Gasteiger partial charge in [-0.1, -0.05) is 13.8 Å². The second kappa shape index (κ2) is 3.03. The number of fused-ring (bicyclic) bond motifs is 1. The number of nitrogens with two attached hydrogens (primary N) is 1. The summed E-state index contributed by atoms with van der Waals surface area (Å²) >= 11 is 1.47. The summed E-state index contributed by atoms with van der Waals surface area (Å²) in [6.07, 6.45) is 0.874. The second-order valence-corrected chi connectivity index (χ2v) is 4.43. The number of oxazole rings is 1. The van der Waals surface area contributed by atoms with E-state index in [4.69, 9.17) is 10.2 Å². The lowest BCUT2D eigenvalue weighted by molar-refractivity contribution is 0.483. The second-order valence-electron chi connectivity index (χ2n) is 3.52. The van der Waals surface area contributed by atoms with Crippen molar-refractivity contribution in [3.63, 3.8) is 0 Å². The van der Waals surface area contributed by atoms with Gasteiger partial charge in [0.15, 0.2) is 11.5 Å². The highest BCUT2D eigenvalue weighted by Gasteiger charge is 2.10. The molecule has 13 heavy (non-hydrogen) atoms. The summed E-state index contributed by atoms with van der Waals surface area (Å²) < 4.78 is 5.52. The van der Waals surface area contributed by atoms with Gasteiger partial charge in [0.25, 0.3) is 0 Å². The number of hydrogen-bond acceptors (Lipinski definition) is 4. The zero-order chi connectivity index (χ0) is 9.42. The topological polar surface area (TPSA) is 52.0 Å². The lowest BCUT2D eigenvalue weighted by Crippen LogP contribution is -1.93. The molecule has 0 spiro atoms. The van der Waals surface area contributed by atoms with Crippen molar-refractivity contribution in [2.45, 2.75) is 20.3 Å². The van der Waals surface area contributed by atoms with E-state index in [2.05, 4.69) is 18.8 Å². The standard InChI is InChI=1S/C9H12N2OS/c1-5(2)3-7-11-6-4-13-9(10)8(6)12-7/h4-5H,3,10H2,1-2H3. The number of thiophene rings is 1. The maximum absolute atomic E-state index is 5.71. The van der Waals surface area contributed by atoms with Gasteiger partial charge in [0.1, 0.15) is 10.5 Å².